The van der Waals surface area contributed by atoms with Gasteiger partial charge in [0.15, 0.2) is 0 Å². The first-order chi connectivity index (χ1) is 11.9. The normalized spacial score (nSPS) is 10.5. The van der Waals surface area contributed by atoms with Gasteiger partial charge in [-0.05, 0) is 51.8 Å². The molecule has 0 bridgehead atoms. The average Bonchev–Trinajstić information content (AvgIpc) is 2.60. The van der Waals surface area contributed by atoms with Crippen molar-refractivity contribution in [3.05, 3.63) is 62.6 Å². The number of nitro benzene ring substituents is 1. The molecule has 2 rings (SSSR count). The third kappa shape index (κ3) is 4.80. The van der Waals surface area contributed by atoms with E-state index in [0.717, 1.165) is 10.0 Å². The number of carbonyl (C=O) groups excluding carboxylic acids is 1. The molecule has 0 aliphatic heterocycles. The molecule has 0 saturated heterocycles. The van der Waals surface area contributed by atoms with Gasteiger partial charge >= 0.3 is 0 Å². The molecule has 7 nitrogen and oxygen atoms in total. The summed E-state index contributed by atoms with van der Waals surface area (Å²) >= 11 is 3.36. The van der Waals surface area contributed by atoms with E-state index in [-0.39, 0.29) is 11.4 Å². The zero-order chi connectivity index (χ0) is 18.4. The van der Waals surface area contributed by atoms with E-state index in [1.165, 1.54) is 31.4 Å². The van der Waals surface area contributed by atoms with Gasteiger partial charge in [0.25, 0.3) is 5.69 Å². The summed E-state index contributed by atoms with van der Waals surface area (Å²) in [4.78, 5) is 22.6. The molecule has 1 N–H and O–H groups in total. The highest BCUT2D eigenvalue weighted by Crippen LogP contribution is 2.29. The molecule has 2 aromatic carbocycles. The molecule has 0 atom stereocenters. The van der Waals surface area contributed by atoms with Gasteiger partial charge in [0.05, 0.1) is 29.7 Å². The number of hydrogen-bond donors (Lipinski definition) is 1. The van der Waals surface area contributed by atoms with Crippen LogP contribution in [0.4, 0.5) is 11.4 Å². The zero-order valence-electron chi connectivity index (χ0n) is 13.5. The lowest BCUT2D eigenvalue weighted by Crippen LogP contribution is -2.09. The van der Waals surface area contributed by atoms with Crippen LogP contribution in [0.15, 0.2) is 46.9 Å². The van der Waals surface area contributed by atoms with Crippen molar-refractivity contribution in [1.29, 1.82) is 0 Å². The van der Waals surface area contributed by atoms with Gasteiger partial charge in [-0.15, -0.1) is 0 Å². The first-order valence-corrected chi connectivity index (χ1v) is 7.89. The maximum absolute atomic E-state index is 12.0. The SMILES string of the molecule is COc1ccc(NC(=O)/C=C/c2ccc(OC)c(Br)c2)c([N+](=O)[O-])c1. The standard InChI is InChI=1S/C17H15BrN2O5/c1-24-12-5-6-14(15(10-12)20(22)23)19-17(21)8-4-11-3-7-16(25-2)13(18)9-11/h3-10H,1-2H3,(H,19,21)/b8-4+. The smallest absolute Gasteiger partial charge is 0.296 e. The highest BCUT2D eigenvalue weighted by atomic mass is 79.9. The van der Waals surface area contributed by atoms with Crippen molar-refractivity contribution in [3.63, 3.8) is 0 Å². The molecule has 8 heteroatoms. The fraction of sp³-hybridized carbons (Fsp3) is 0.118. The third-order valence-corrected chi connectivity index (χ3v) is 3.88. The van der Waals surface area contributed by atoms with Crippen LogP contribution in [0, 0.1) is 10.1 Å². The molecule has 0 spiro atoms. The van der Waals surface area contributed by atoms with Crippen molar-refractivity contribution in [2.24, 2.45) is 0 Å². The molecule has 0 heterocycles. The molecule has 25 heavy (non-hydrogen) atoms. The van der Waals surface area contributed by atoms with Crippen LogP contribution in [0.2, 0.25) is 0 Å². The van der Waals surface area contributed by atoms with Gasteiger partial charge in [-0.1, -0.05) is 6.07 Å². The summed E-state index contributed by atoms with van der Waals surface area (Å²) in [7, 11) is 2.97. The number of benzene rings is 2. The van der Waals surface area contributed by atoms with Gasteiger partial charge in [-0.25, -0.2) is 0 Å². The molecule has 1 amide bonds. The zero-order valence-corrected chi connectivity index (χ0v) is 15.1. The number of ether oxygens (including phenoxy) is 2. The number of halogens is 1. The van der Waals surface area contributed by atoms with Crippen molar-refractivity contribution in [2.75, 3.05) is 19.5 Å². The molecule has 0 aromatic heterocycles. The number of methoxy groups -OCH3 is 2. The number of anilines is 1. The first kappa shape index (κ1) is 18.5. The Bertz CT molecular complexity index is 836. The van der Waals surface area contributed by atoms with Crippen molar-refractivity contribution < 1.29 is 19.2 Å². The number of nitro groups is 1. The summed E-state index contributed by atoms with van der Waals surface area (Å²) in [6.45, 7) is 0. The summed E-state index contributed by atoms with van der Waals surface area (Å²) in [5.41, 5.74) is 0.622. The van der Waals surface area contributed by atoms with Crippen molar-refractivity contribution in [3.8, 4) is 11.5 Å². The van der Waals surface area contributed by atoms with Gasteiger partial charge < -0.3 is 14.8 Å². The number of carbonyl (C=O) groups is 1. The number of hydrogen-bond acceptors (Lipinski definition) is 5. The molecule has 2 aromatic rings. The lowest BCUT2D eigenvalue weighted by Gasteiger charge is -2.06. The molecule has 0 aliphatic carbocycles. The van der Waals surface area contributed by atoms with Gasteiger partial charge in [-0.3, -0.25) is 14.9 Å². The number of nitrogens with one attached hydrogen (secondary N) is 1. The minimum atomic E-state index is -0.581. The summed E-state index contributed by atoms with van der Waals surface area (Å²) < 4.78 is 10.8. The van der Waals surface area contributed by atoms with Crippen LogP contribution in [0.5, 0.6) is 11.5 Å². The molecular weight excluding hydrogens is 392 g/mol. The van der Waals surface area contributed by atoms with Crippen LogP contribution in [0.25, 0.3) is 6.08 Å². The van der Waals surface area contributed by atoms with Crippen LogP contribution in [-0.2, 0) is 4.79 Å². The van der Waals surface area contributed by atoms with Gasteiger partial charge in [0.2, 0.25) is 5.91 Å². The highest BCUT2D eigenvalue weighted by Gasteiger charge is 2.16. The summed E-state index contributed by atoms with van der Waals surface area (Å²) in [5.74, 6) is 0.527. The van der Waals surface area contributed by atoms with Crippen LogP contribution in [0.3, 0.4) is 0 Å². The predicted octanol–water partition coefficient (Wildman–Crippen LogP) is 4.03. The first-order valence-electron chi connectivity index (χ1n) is 7.09. The van der Waals surface area contributed by atoms with Crippen LogP contribution >= 0.6 is 15.9 Å². The monoisotopic (exact) mass is 406 g/mol. The Balaban J connectivity index is 2.15. The van der Waals surface area contributed by atoms with Gasteiger partial charge in [0.1, 0.15) is 17.2 Å². The maximum atomic E-state index is 12.0. The van der Waals surface area contributed by atoms with Crippen LogP contribution < -0.4 is 14.8 Å². The van der Waals surface area contributed by atoms with Gasteiger partial charge in [-0.2, -0.15) is 0 Å². The lowest BCUT2D eigenvalue weighted by molar-refractivity contribution is -0.384. The second-order valence-corrected chi connectivity index (χ2v) is 5.71. The molecule has 0 saturated carbocycles. The molecule has 0 fully saturated rings. The topological polar surface area (TPSA) is 90.7 Å². The molecular formula is C17H15BrN2O5. The second-order valence-electron chi connectivity index (χ2n) is 4.86. The third-order valence-electron chi connectivity index (χ3n) is 3.26. The molecule has 130 valence electrons. The van der Waals surface area contributed by atoms with E-state index in [0.29, 0.717) is 11.5 Å². The Kier molecular flexibility index (Phi) is 6.13. The van der Waals surface area contributed by atoms with E-state index in [4.69, 9.17) is 9.47 Å². The predicted molar refractivity (Wildman–Crippen MR) is 98.0 cm³/mol. The van der Waals surface area contributed by atoms with Gasteiger partial charge in [0, 0.05) is 6.08 Å². The Morgan fingerprint density at radius 3 is 2.56 bits per heavy atom. The van der Waals surface area contributed by atoms with E-state index in [2.05, 4.69) is 21.2 Å². The fourth-order valence-electron chi connectivity index (χ4n) is 2.03. The summed E-state index contributed by atoms with van der Waals surface area (Å²) in [6, 6.07) is 9.54. The number of nitrogens with zero attached hydrogens (tertiary/aromatic N) is 1. The Morgan fingerprint density at radius 2 is 1.96 bits per heavy atom. The largest absolute Gasteiger partial charge is 0.496 e. The van der Waals surface area contributed by atoms with Crippen LogP contribution in [-0.4, -0.2) is 25.1 Å². The molecule has 0 unspecified atom stereocenters. The summed E-state index contributed by atoms with van der Waals surface area (Å²) in [6.07, 6.45) is 2.89. The van der Waals surface area contributed by atoms with E-state index in [1.54, 1.807) is 31.4 Å². The van der Waals surface area contributed by atoms with E-state index in [9.17, 15) is 14.9 Å². The number of amides is 1. The minimum Gasteiger partial charge on any atom is -0.496 e. The average molecular weight is 407 g/mol. The number of rotatable bonds is 6. The second kappa shape index (κ2) is 8.29. The van der Waals surface area contributed by atoms with E-state index in [1.807, 2.05) is 0 Å². The fourth-order valence-corrected chi connectivity index (χ4v) is 2.59. The minimum absolute atomic E-state index is 0.0939. The molecule has 0 radical (unpaired) electrons. The highest BCUT2D eigenvalue weighted by molar-refractivity contribution is 9.10. The Morgan fingerprint density at radius 1 is 1.20 bits per heavy atom. The van der Waals surface area contributed by atoms with Crippen molar-refractivity contribution in [2.45, 2.75) is 0 Å². The van der Waals surface area contributed by atoms with Crippen molar-refractivity contribution >= 4 is 39.3 Å². The van der Waals surface area contributed by atoms with Crippen LogP contribution in [0.1, 0.15) is 5.56 Å². The Labute approximate surface area is 152 Å². The van der Waals surface area contributed by atoms with E-state index >= 15 is 0 Å². The maximum Gasteiger partial charge on any atom is 0.296 e. The lowest BCUT2D eigenvalue weighted by atomic mass is 10.2. The Hall–Kier alpha value is -2.87. The quantitative estimate of drug-likeness (QED) is 0.444. The summed E-state index contributed by atoms with van der Waals surface area (Å²) in [5, 5.41) is 13.6. The van der Waals surface area contributed by atoms with E-state index < -0.39 is 10.8 Å². The molecule has 0 aliphatic rings. The van der Waals surface area contributed by atoms with Crippen molar-refractivity contribution in [1.82, 2.24) is 0 Å².